The van der Waals surface area contributed by atoms with Gasteiger partial charge in [-0.15, -0.1) is 0 Å². The van der Waals surface area contributed by atoms with Crippen molar-refractivity contribution in [3.8, 4) is 0 Å². The number of hydrogen-bond acceptors (Lipinski definition) is 3. The topological polar surface area (TPSA) is 50.3 Å². The normalized spacial score (nSPS) is 14.6. The molecule has 0 bridgehead atoms. The Bertz CT molecular complexity index is 365. The van der Waals surface area contributed by atoms with E-state index in [9.17, 15) is 9.59 Å². The summed E-state index contributed by atoms with van der Waals surface area (Å²) in [5.74, 6) is -0.0943. The summed E-state index contributed by atoms with van der Waals surface area (Å²) >= 11 is 2.15. The molecule has 0 radical (unpaired) electrons. The van der Waals surface area contributed by atoms with Crippen LogP contribution in [0.5, 0.6) is 0 Å². The fourth-order valence-electron chi connectivity index (χ4n) is 1.66. The highest BCUT2D eigenvalue weighted by Crippen LogP contribution is 2.12. The highest BCUT2D eigenvalue weighted by Gasteiger charge is 2.27. The summed E-state index contributed by atoms with van der Waals surface area (Å²) < 4.78 is 0. The van der Waals surface area contributed by atoms with E-state index in [0.717, 1.165) is 5.56 Å². The molecule has 2 amide bonds. The van der Waals surface area contributed by atoms with E-state index in [0.29, 0.717) is 25.8 Å². The molecule has 2 heterocycles. The quantitative estimate of drug-likeness (QED) is 0.477. The van der Waals surface area contributed by atoms with Gasteiger partial charge in [0.1, 0.15) is 0 Å². The maximum Gasteiger partial charge on any atom is 0.229 e. The lowest BCUT2D eigenvalue weighted by atomic mass is 10.2. The van der Waals surface area contributed by atoms with Crippen molar-refractivity contribution in [3.05, 3.63) is 30.1 Å². The third kappa shape index (κ3) is 4.07. The van der Waals surface area contributed by atoms with Crippen molar-refractivity contribution in [1.82, 2.24) is 9.88 Å². The van der Waals surface area contributed by atoms with Gasteiger partial charge in [-0.1, -0.05) is 22.6 Å². The number of imide groups is 1. The first kappa shape index (κ1) is 14.1. The first-order valence-electron chi connectivity index (χ1n) is 5.37. The maximum absolute atomic E-state index is 11.3. The van der Waals surface area contributed by atoms with Crippen LogP contribution in [0.25, 0.3) is 0 Å². The minimum atomic E-state index is -0.0472. The molecule has 1 aromatic heterocycles. The molecule has 0 atom stereocenters. The van der Waals surface area contributed by atoms with Crippen LogP contribution >= 0.6 is 22.6 Å². The Morgan fingerprint density at radius 2 is 1.71 bits per heavy atom. The van der Waals surface area contributed by atoms with E-state index in [2.05, 4.69) is 27.6 Å². The monoisotopic (exact) mass is 346 g/mol. The summed E-state index contributed by atoms with van der Waals surface area (Å²) in [6.45, 7) is 0.488. The number of aromatic nitrogens is 1. The van der Waals surface area contributed by atoms with E-state index in [-0.39, 0.29) is 11.8 Å². The van der Waals surface area contributed by atoms with E-state index >= 15 is 0 Å². The average Bonchev–Trinajstić information content (AvgIpc) is 2.70. The van der Waals surface area contributed by atoms with Crippen LogP contribution in [0.3, 0.4) is 0 Å². The molecule has 1 aliphatic heterocycles. The summed E-state index contributed by atoms with van der Waals surface area (Å²) in [5, 5.41) is 0. The second-order valence-corrected chi connectivity index (χ2v) is 3.54. The molecule has 0 spiro atoms. The SMILES string of the molecule is CI.O=C1CCC(=O)N1CCc1ccncc1. The third-order valence-electron chi connectivity index (χ3n) is 2.53. The minimum Gasteiger partial charge on any atom is -0.282 e. The predicted octanol–water partition coefficient (Wildman–Crippen LogP) is 1.82. The van der Waals surface area contributed by atoms with Crippen molar-refractivity contribution >= 4 is 34.4 Å². The number of halogens is 1. The Morgan fingerprint density at radius 1 is 1.18 bits per heavy atom. The lowest BCUT2D eigenvalue weighted by Gasteiger charge is -2.12. The van der Waals surface area contributed by atoms with Gasteiger partial charge in [-0.2, -0.15) is 0 Å². The molecule has 1 fully saturated rings. The zero-order valence-corrected chi connectivity index (χ0v) is 11.9. The average molecular weight is 346 g/mol. The number of pyridine rings is 1. The zero-order chi connectivity index (χ0) is 12.7. The second kappa shape index (κ2) is 7.37. The van der Waals surface area contributed by atoms with Crippen LogP contribution in [0.15, 0.2) is 24.5 Å². The highest BCUT2D eigenvalue weighted by molar-refractivity contribution is 14.1. The molecule has 1 saturated heterocycles. The fraction of sp³-hybridized carbons (Fsp3) is 0.417. The van der Waals surface area contributed by atoms with Gasteiger partial charge in [0.05, 0.1) is 0 Å². The van der Waals surface area contributed by atoms with E-state index < -0.39 is 0 Å². The molecule has 1 aliphatic rings. The molecule has 0 aromatic carbocycles. The standard InChI is InChI=1S/C11H12N2O2.CH3I/c14-10-1-2-11(15)13(10)8-5-9-3-6-12-7-4-9;1-2/h3-4,6-7H,1-2,5,8H2;1H3. The summed E-state index contributed by atoms with van der Waals surface area (Å²) in [7, 11) is 0. The first-order valence-corrected chi connectivity index (χ1v) is 7.53. The number of amides is 2. The number of likely N-dealkylation sites (tertiary alicyclic amines) is 1. The summed E-state index contributed by atoms with van der Waals surface area (Å²) in [6, 6.07) is 3.79. The number of alkyl halides is 1. The van der Waals surface area contributed by atoms with Gasteiger partial charge in [-0.3, -0.25) is 19.5 Å². The van der Waals surface area contributed by atoms with E-state index in [1.807, 2.05) is 17.1 Å². The van der Waals surface area contributed by atoms with Crippen LogP contribution in [0, 0.1) is 0 Å². The van der Waals surface area contributed by atoms with Crippen molar-refractivity contribution < 1.29 is 9.59 Å². The zero-order valence-electron chi connectivity index (χ0n) is 9.73. The van der Waals surface area contributed by atoms with Gasteiger partial charge in [0.2, 0.25) is 11.8 Å². The molecule has 1 aromatic rings. The molecule has 2 rings (SSSR count). The predicted molar refractivity (Wildman–Crippen MR) is 73.8 cm³/mol. The van der Waals surface area contributed by atoms with E-state index in [4.69, 9.17) is 0 Å². The van der Waals surface area contributed by atoms with Crippen molar-refractivity contribution in [2.24, 2.45) is 0 Å². The molecule has 5 heteroatoms. The van der Waals surface area contributed by atoms with Gasteiger partial charge in [0, 0.05) is 31.8 Å². The molecule has 4 nitrogen and oxygen atoms in total. The summed E-state index contributed by atoms with van der Waals surface area (Å²) in [4.78, 5) is 29.8. The lowest BCUT2D eigenvalue weighted by Crippen LogP contribution is -2.31. The number of carbonyl (C=O) groups excluding carboxylic acids is 2. The third-order valence-corrected chi connectivity index (χ3v) is 2.53. The van der Waals surface area contributed by atoms with Crippen molar-refractivity contribution in [3.63, 3.8) is 0 Å². The number of nitrogens with zero attached hydrogens (tertiary/aromatic N) is 2. The number of carbonyl (C=O) groups is 2. The molecule has 92 valence electrons. The van der Waals surface area contributed by atoms with E-state index in [1.54, 1.807) is 12.4 Å². The smallest absolute Gasteiger partial charge is 0.229 e. The van der Waals surface area contributed by atoms with Crippen molar-refractivity contribution in [1.29, 1.82) is 0 Å². The Morgan fingerprint density at radius 3 is 2.24 bits per heavy atom. The van der Waals surface area contributed by atoms with Gasteiger partial charge in [0.15, 0.2) is 0 Å². The Balaban J connectivity index is 0.000000686. The van der Waals surface area contributed by atoms with Gasteiger partial charge >= 0.3 is 0 Å². The van der Waals surface area contributed by atoms with Crippen molar-refractivity contribution in [2.75, 3.05) is 11.5 Å². The van der Waals surface area contributed by atoms with Gasteiger partial charge in [-0.05, 0) is 29.0 Å². The van der Waals surface area contributed by atoms with Crippen LogP contribution in [0.2, 0.25) is 0 Å². The Labute approximate surface area is 115 Å². The Kier molecular flexibility index (Phi) is 6.10. The maximum atomic E-state index is 11.3. The highest BCUT2D eigenvalue weighted by atomic mass is 127. The minimum absolute atomic E-state index is 0.0472. The van der Waals surface area contributed by atoms with E-state index in [1.165, 1.54) is 4.90 Å². The molecule has 0 saturated carbocycles. The van der Waals surface area contributed by atoms with Gasteiger partial charge in [0.25, 0.3) is 0 Å². The molecule has 17 heavy (non-hydrogen) atoms. The number of hydrogen-bond donors (Lipinski definition) is 0. The molecule has 0 aliphatic carbocycles. The first-order chi connectivity index (χ1) is 8.27. The fourth-order valence-corrected chi connectivity index (χ4v) is 1.66. The molecule has 0 N–H and O–H groups in total. The van der Waals surface area contributed by atoms with Gasteiger partial charge in [-0.25, -0.2) is 0 Å². The van der Waals surface area contributed by atoms with Crippen LogP contribution in [-0.2, 0) is 16.0 Å². The summed E-state index contributed by atoms with van der Waals surface area (Å²) in [5.41, 5.74) is 1.09. The molecular formula is C12H15IN2O2. The van der Waals surface area contributed by atoms with Crippen LogP contribution in [0.1, 0.15) is 18.4 Å². The molecule has 0 unspecified atom stereocenters. The van der Waals surface area contributed by atoms with Crippen LogP contribution < -0.4 is 0 Å². The van der Waals surface area contributed by atoms with Crippen LogP contribution in [0.4, 0.5) is 0 Å². The largest absolute Gasteiger partial charge is 0.282 e. The van der Waals surface area contributed by atoms with Crippen LogP contribution in [-0.4, -0.2) is 33.2 Å². The van der Waals surface area contributed by atoms with Gasteiger partial charge < -0.3 is 0 Å². The lowest BCUT2D eigenvalue weighted by molar-refractivity contribution is -0.138. The Hall–Kier alpha value is -0.980. The molecular weight excluding hydrogens is 331 g/mol. The summed E-state index contributed by atoms with van der Waals surface area (Å²) in [6.07, 6.45) is 4.87. The second-order valence-electron chi connectivity index (χ2n) is 3.54. The number of rotatable bonds is 3. The van der Waals surface area contributed by atoms with Crippen molar-refractivity contribution in [2.45, 2.75) is 19.3 Å².